The van der Waals surface area contributed by atoms with Crippen LogP contribution in [-0.4, -0.2) is 5.91 Å². The van der Waals surface area contributed by atoms with Crippen LogP contribution in [0.15, 0.2) is 30.3 Å². The Morgan fingerprint density at radius 3 is 2.79 bits per heavy atom. The molecule has 100 valence electrons. The summed E-state index contributed by atoms with van der Waals surface area (Å²) in [6.07, 6.45) is 0.957. The number of benzene rings is 1. The molecule has 1 aromatic heterocycles. The van der Waals surface area contributed by atoms with E-state index in [1.807, 2.05) is 30.3 Å². The monoisotopic (exact) mass is 274 g/mol. The Bertz CT molecular complexity index is 590. The molecule has 3 nitrogen and oxygen atoms in total. The van der Waals surface area contributed by atoms with Crippen LogP contribution in [0.25, 0.3) is 0 Å². The van der Waals surface area contributed by atoms with Gasteiger partial charge >= 0.3 is 0 Å². The Labute approximate surface area is 117 Å². The quantitative estimate of drug-likeness (QED) is 0.898. The van der Waals surface area contributed by atoms with E-state index < -0.39 is 0 Å². The molecule has 0 aliphatic heterocycles. The summed E-state index contributed by atoms with van der Waals surface area (Å²) in [6.45, 7) is 4.62. The van der Waals surface area contributed by atoms with E-state index in [1.54, 1.807) is 0 Å². The molecule has 1 heterocycles. The first-order valence-corrected chi connectivity index (χ1v) is 7.15. The summed E-state index contributed by atoms with van der Waals surface area (Å²) < 4.78 is 0. The predicted molar refractivity (Wildman–Crippen MR) is 80.7 cm³/mol. The van der Waals surface area contributed by atoms with Gasteiger partial charge in [-0.15, -0.1) is 11.3 Å². The second-order valence-corrected chi connectivity index (χ2v) is 5.66. The van der Waals surface area contributed by atoms with Crippen molar-refractivity contribution in [3.05, 3.63) is 51.2 Å². The molecule has 3 N–H and O–H groups in total. The van der Waals surface area contributed by atoms with Gasteiger partial charge < -0.3 is 11.1 Å². The summed E-state index contributed by atoms with van der Waals surface area (Å²) in [6, 6.07) is 9.59. The fraction of sp³-hybridized carbons (Fsp3) is 0.267. The first-order chi connectivity index (χ1) is 9.13. The lowest BCUT2D eigenvalue weighted by Gasteiger charge is -2.05. The Hall–Kier alpha value is -1.65. The van der Waals surface area contributed by atoms with Gasteiger partial charge in [0.15, 0.2) is 0 Å². The molecule has 4 heteroatoms. The van der Waals surface area contributed by atoms with Crippen LogP contribution in [0, 0.1) is 6.92 Å². The second-order valence-electron chi connectivity index (χ2n) is 4.40. The van der Waals surface area contributed by atoms with Crippen molar-refractivity contribution >= 4 is 22.9 Å². The topological polar surface area (TPSA) is 55.1 Å². The number of thiophene rings is 1. The second kappa shape index (κ2) is 5.99. The first kappa shape index (κ1) is 13.8. The summed E-state index contributed by atoms with van der Waals surface area (Å²) in [5, 5.41) is 2.91. The molecule has 0 bridgehead atoms. The normalized spacial score (nSPS) is 10.5. The lowest BCUT2D eigenvalue weighted by Crippen LogP contribution is -2.10. The van der Waals surface area contributed by atoms with Gasteiger partial charge in [0, 0.05) is 17.1 Å². The third-order valence-corrected chi connectivity index (χ3v) is 4.14. The van der Waals surface area contributed by atoms with Crippen molar-refractivity contribution in [3.63, 3.8) is 0 Å². The zero-order valence-electron chi connectivity index (χ0n) is 11.2. The van der Waals surface area contributed by atoms with E-state index in [0.29, 0.717) is 6.54 Å². The molecule has 0 spiro atoms. The Balaban J connectivity index is 2.15. The fourth-order valence-electron chi connectivity index (χ4n) is 1.95. The van der Waals surface area contributed by atoms with Crippen molar-refractivity contribution in [2.75, 3.05) is 5.32 Å². The van der Waals surface area contributed by atoms with Crippen LogP contribution in [0.5, 0.6) is 0 Å². The van der Waals surface area contributed by atoms with Gasteiger partial charge in [0.1, 0.15) is 0 Å². The molecule has 0 atom stereocenters. The third kappa shape index (κ3) is 3.22. The highest BCUT2D eigenvalue weighted by Crippen LogP contribution is 2.23. The summed E-state index contributed by atoms with van der Waals surface area (Å²) in [4.78, 5) is 14.1. The first-order valence-electron chi connectivity index (χ1n) is 6.33. The van der Waals surface area contributed by atoms with Gasteiger partial charge in [0.05, 0.1) is 4.88 Å². The number of nitrogens with one attached hydrogen (secondary N) is 1. The number of amides is 1. The molecule has 19 heavy (non-hydrogen) atoms. The van der Waals surface area contributed by atoms with E-state index in [4.69, 9.17) is 5.73 Å². The third-order valence-electron chi connectivity index (χ3n) is 3.05. The lowest BCUT2D eigenvalue weighted by molar-refractivity contribution is 0.103. The van der Waals surface area contributed by atoms with Crippen LogP contribution in [0.3, 0.4) is 0 Å². The van der Waals surface area contributed by atoms with Gasteiger partial charge in [0.25, 0.3) is 5.91 Å². The zero-order valence-corrected chi connectivity index (χ0v) is 12.0. The molecule has 0 fully saturated rings. The molecular weight excluding hydrogens is 256 g/mol. The maximum absolute atomic E-state index is 12.2. The van der Waals surface area contributed by atoms with Crippen LogP contribution < -0.4 is 11.1 Å². The van der Waals surface area contributed by atoms with Crippen molar-refractivity contribution < 1.29 is 4.79 Å². The molecule has 1 amide bonds. The average molecular weight is 274 g/mol. The van der Waals surface area contributed by atoms with Gasteiger partial charge in [0.2, 0.25) is 0 Å². The maximum Gasteiger partial charge on any atom is 0.265 e. The van der Waals surface area contributed by atoms with Crippen molar-refractivity contribution in [2.45, 2.75) is 26.8 Å². The van der Waals surface area contributed by atoms with Gasteiger partial charge in [-0.1, -0.05) is 19.1 Å². The molecule has 2 rings (SSSR count). The SMILES string of the molecule is CCc1cc(C(=O)Nc2cccc(CN)c2)sc1C. The largest absolute Gasteiger partial charge is 0.326 e. The lowest BCUT2D eigenvalue weighted by atomic mass is 10.2. The Kier molecular flexibility index (Phi) is 4.35. The molecule has 2 aromatic rings. The van der Waals surface area contributed by atoms with E-state index in [9.17, 15) is 4.79 Å². The number of anilines is 1. The van der Waals surface area contributed by atoms with Gasteiger partial charge in [-0.3, -0.25) is 4.79 Å². The minimum absolute atomic E-state index is 0.0537. The number of rotatable bonds is 4. The number of nitrogens with two attached hydrogens (primary N) is 1. The van der Waals surface area contributed by atoms with Crippen LogP contribution in [0.4, 0.5) is 5.69 Å². The molecule has 0 unspecified atom stereocenters. The fourth-order valence-corrected chi connectivity index (χ4v) is 2.96. The van der Waals surface area contributed by atoms with Gasteiger partial charge in [-0.2, -0.15) is 0 Å². The van der Waals surface area contributed by atoms with Crippen molar-refractivity contribution in [1.29, 1.82) is 0 Å². The van der Waals surface area contributed by atoms with Crippen molar-refractivity contribution in [3.8, 4) is 0 Å². The smallest absolute Gasteiger partial charge is 0.265 e. The molecule has 0 saturated carbocycles. The van der Waals surface area contributed by atoms with Gasteiger partial charge in [-0.25, -0.2) is 0 Å². The van der Waals surface area contributed by atoms with Crippen molar-refractivity contribution in [1.82, 2.24) is 0 Å². The van der Waals surface area contributed by atoms with Gasteiger partial charge in [-0.05, 0) is 42.7 Å². The average Bonchev–Trinajstić information content (AvgIpc) is 2.80. The highest BCUT2D eigenvalue weighted by atomic mass is 32.1. The van der Waals surface area contributed by atoms with Crippen LogP contribution in [-0.2, 0) is 13.0 Å². The molecule has 0 aliphatic rings. The van der Waals surface area contributed by atoms with Crippen molar-refractivity contribution in [2.24, 2.45) is 5.73 Å². The number of hydrogen-bond donors (Lipinski definition) is 2. The minimum Gasteiger partial charge on any atom is -0.326 e. The summed E-state index contributed by atoms with van der Waals surface area (Å²) in [5.41, 5.74) is 8.63. The molecular formula is C15H18N2OS. The van der Waals surface area contributed by atoms with Crippen LogP contribution in [0.1, 0.15) is 32.6 Å². The Morgan fingerprint density at radius 1 is 1.37 bits per heavy atom. The van der Waals surface area contributed by atoms with Crippen LogP contribution in [0.2, 0.25) is 0 Å². The van der Waals surface area contributed by atoms with E-state index in [-0.39, 0.29) is 5.91 Å². The summed E-state index contributed by atoms with van der Waals surface area (Å²) in [5.74, 6) is -0.0537. The Morgan fingerprint density at radius 2 is 2.16 bits per heavy atom. The van der Waals surface area contributed by atoms with E-state index >= 15 is 0 Å². The molecule has 0 aliphatic carbocycles. The number of aryl methyl sites for hydroxylation is 2. The highest BCUT2D eigenvalue weighted by molar-refractivity contribution is 7.14. The minimum atomic E-state index is -0.0537. The predicted octanol–water partition coefficient (Wildman–Crippen LogP) is 3.33. The standard InChI is InChI=1S/C15H18N2OS/c1-3-12-8-14(19-10(12)2)15(18)17-13-6-4-5-11(7-13)9-16/h4-8H,3,9,16H2,1-2H3,(H,17,18). The summed E-state index contributed by atoms with van der Waals surface area (Å²) in [7, 11) is 0. The van der Waals surface area contributed by atoms with E-state index in [1.165, 1.54) is 21.8 Å². The molecule has 0 saturated heterocycles. The number of hydrogen-bond acceptors (Lipinski definition) is 3. The summed E-state index contributed by atoms with van der Waals surface area (Å²) >= 11 is 1.54. The number of carbonyl (C=O) groups is 1. The van der Waals surface area contributed by atoms with E-state index in [0.717, 1.165) is 22.5 Å². The van der Waals surface area contributed by atoms with E-state index in [2.05, 4.69) is 19.2 Å². The highest BCUT2D eigenvalue weighted by Gasteiger charge is 2.11. The zero-order chi connectivity index (χ0) is 13.8. The number of carbonyl (C=O) groups excluding carboxylic acids is 1. The molecule has 0 radical (unpaired) electrons. The van der Waals surface area contributed by atoms with Crippen LogP contribution >= 0.6 is 11.3 Å². The molecule has 1 aromatic carbocycles. The maximum atomic E-state index is 12.2.